The Labute approximate surface area is 101 Å². The summed E-state index contributed by atoms with van der Waals surface area (Å²) in [5.74, 6) is 1.96. The lowest BCUT2D eigenvalue weighted by Gasteiger charge is -2.16. The largest absolute Gasteiger partial charge is 0.497 e. The van der Waals surface area contributed by atoms with Gasteiger partial charge in [0.2, 0.25) is 0 Å². The summed E-state index contributed by atoms with van der Waals surface area (Å²) in [4.78, 5) is 13.3. The Morgan fingerprint density at radius 1 is 1.29 bits per heavy atom. The van der Waals surface area contributed by atoms with E-state index in [0.717, 1.165) is 30.2 Å². The molecule has 1 saturated heterocycles. The Morgan fingerprint density at radius 3 is 2.71 bits per heavy atom. The average Bonchev–Trinajstić information content (AvgIpc) is 2.74. The molecule has 1 aliphatic rings. The van der Waals surface area contributed by atoms with Crippen molar-refractivity contribution in [2.24, 2.45) is 0 Å². The summed E-state index contributed by atoms with van der Waals surface area (Å²) < 4.78 is 10.5. The molecule has 17 heavy (non-hydrogen) atoms. The summed E-state index contributed by atoms with van der Waals surface area (Å²) in [7, 11) is 3.30. The number of nitrogens with zero attached hydrogens (tertiary/aromatic N) is 1. The highest BCUT2D eigenvalue weighted by Crippen LogP contribution is 2.25. The summed E-state index contributed by atoms with van der Waals surface area (Å²) in [6.45, 7) is 2.10. The number of carbonyl (C=O) groups excluding carboxylic acids is 1. The van der Waals surface area contributed by atoms with E-state index in [4.69, 9.17) is 9.47 Å². The third-order valence-corrected chi connectivity index (χ3v) is 2.99. The van der Waals surface area contributed by atoms with E-state index >= 15 is 0 Å². The number of benzene rings is 1. The van der Waals surface area contributed by atoms with E-state index in [1.54, 1.807) is 14.2 Å². The molecule has 1 aromatic rings. The van der Waals surface area contributed by atoms with Crippen LogP contribution in [0.2, 0.25) is 0 Å². The number of hydrogen-bond donors (Lipinski definition) is 0. The third-order valence-electron chi connectivity index (χ3n) is 2.99. The highest BCUT2D eigenvalue weighted by molar-refractivity contribution is 5.82. The summed E-state index contributed by atoms with van der Waals surface area (Å²) in [6.07, 6.45) is 0.659. The molecule has 0 N–H and O–H groups in total. The zero-order valence-corrected chi connectivity index (χ0v) is 10.2. The van der Waals surface area contributed by atoms with Crippen LogP contribution in [0.1, 0.15) is 12.0 Å². The van der Waals surface area contributed by atoms with Crippen molar-refractivity contribution in [2.45, 2.75) is 13.0 Å². The molecule has 1 aromatic carbocycles. The van der Waals surface area contributed by atoms with Gasteiger partial charge in [0.25, 0.3) is 0 Å². The molecule has 0 amide bonds. The first kappa shape index (κ1) is 11.9. The minimum absolute atomic E-state index is 0.312. The average molecular weight is 235 g/mol. The lowest BCUT2D eigenvalue weighted by Crippen LogP contribution is -2.20. The van der Waals surface area contributed by atoms with Crippen molar-refractivity contribution in [3.05, 3.63) is 23.8 Å². The van der Waals surface area contributed by atoms with Gasteiger partial charge in [-0.25, -0.2) is 0 Å². The van der Waals surface area contributed by atoms with Crippen LogP contribution < -0.4 is 9.47 Å². The van der Waals surface area contributed by atoms with Crippen molar-refractivity contribution >= 4 is 5.78 Å². The number of Topliss-reactive ketones (excluding diaryl/α,β-unsaturated/α-hetero) is 1. The van der Waals surface area contributed by atoms with E-state index in [1.165, 1.54) is 0 Å². The Bertz CT molecular complexity index is 417. The molecule has 0 aromatic heterocycles. The standard InChI is InChI=1S/C13H17NO3/c1-16-12-3-4-13(17-2)10(7-12)8-14-6-5-11(15)9-14/h3-4,7H,5-6,8-9H2,1-2H3. The second-order valence-corrected chi connectivity index (χ2v) is 4.18. The predicted octanol–water partition coefficient (Wildman–Crippen LogP) is 1.48. The van der Waals surface area contributed by atoms with Crippen LogP contribution in [-0.2, 0) is 11.3 Å². The molecule has 1 aliphatic heterocycles. The van der Waals surface area contributed by atoms with Crippen LogP contribution in [0.4, 0.5) is 0 Å². The molecule has 0 unspecified atom stereocenters. The maximum absolute atomic E-state index is 11.2. The van der Waals surface area contributed by atoms with Gasteiger partial charge in [0.1, 0.15) is 17.3 Å². The van der Waals surface area contributed by atoms with Crippen molar-refractivity contribution < 1.29 is 14.3 Å². The number of ether oxygens (including phenoxy) is 2. The smallest absolute Gasteiger partial charge is 0.148 e. The topological polar surface area (TPSA) is 38.8 Å². The highest BCUT2D eigenvalue weighted by Gasteiger charge is 2.20. The zero-order chi connectivity index (χ0) is 12.3. The molecule has 0 saturated carbocycles. The lowest BCUT2D eigenvalue weighted by atomic mass is 10.1. The Kier molecular flexibility index (Phi) is 3.64. The fraction of sp³-hybridized carbons (Fsp3) is 0.462. The number of hydrogen-bond acceptors (Lipinski definition) is 4. The van der Waals surface area contributed by atoms with Gasteiger partial charge in [-0.05, 0) is 18.2 Å². The molecule has 1 heterocycles. The van der Waals surface area contributed by atoms with E-state index in [2.05, 4.69) is 4.90 Å². The molecule has 0 bridgehead atoms. The van der Waals surface area contributed by atoms with Crippen molar-refractivity contribution in [3.63, 3.8) is 0 Å². The summed E-state index contributed by atoms with van der Waals surface area (Å²) in [6, 6.07) is 5.73. The Hall–Kier alpha value is -1.55. The van der Waals surface area contributed by atoms with E-state index < -0.39 is 0 Å². The first-order valence-electron chi connectivity index (χ1n) is 5.68. The normalized spacial score (nSPS) is 16.2. The summed E-state index contributed by atoms with van der Waals surface area (Å²) in [5.41, 5.74) is 1.06. The van der Waals surface area contributed by atoms with Crippen LogP contribution >= 0.6 is 0 Å². The molecule has 4 heteroatoms. The van der Waals surface area contributed by atoms with Crippen LogP contribution in [0, 0.1) is 0 Å². The molecule has 0 atom stereocenters. The second-order valence-electron chi connectivity index (χ2n) is 4.18. The number of likely N-dealkylation sites (tertiary alicyclic amines) is 1. The van der Waals surface area contributed by atoms with Crippen LogP contribution in [0.25, 0.3) is 0 Å². The number of rotatable bonds is 4. The SMILES string of the molecule is COc1ccc(OC)c(CN2CCC(=O)C2)c1. The Balaban J connectivity index is 2.15. The fourth-order valence-electron chi connectivity index (χ4n) is 2.07. The molecule has 0 aliphatic carbocycles. The summed E-state index contributed by atoms with van der Waals surface area (Å²) in [5, 5.41) is 0. The third kappa shape index (κ3) is 2.77. The first-order chi connectivity index (χ1) is 8.22. The Morgan fingerprint density at radius 2 is 2.12 bits per heavy atom. The van der Waals surface area contributed by atoms with Gasteiger partial charge in [0.15, 0.2) is 0 Å². The van der Waals surface area contributed by atoms with E-state index in [0.29, 0.717) is 18.7 Å². The van der Waals surface area contributed by atoms with E-state index in [1.807, 2.05) is 18.2 Å². The second kappa shape index (κ2) is 5.19. The van der Waals surface area contributed by atoms with Crippen LogP contribution in [-0.4, -0.2) is 38.0 Å². The number of methoxy groups -OCH3 is 2. The predicted molar refractivity (Wildman–Crippen MR) is 64.4 cm³/mol. The molecule has 4 nitrogen and oxygen atoms in total. The monoisotopic (exact) mass is 235 g/mol. The van der Waals surface area contributed by atoms with Crippen molar-refractivity contribution in [2.75, 3.05) is 27.3 Å². The lowest BCUT2D eigenvalue weighted by molar-refractivity contribution is -0.116. The van der Waals surface area contributed by atoms with Crippen LogP contribution in [0.15, 0.2) is 18.2 Å². The maximum Gasteiger partial charge on any atom is 0.148 e. The van der Waals surface area contributed by atoms with Gasteiger partial charge in [0.05, 0.1) is 20.8 Å². The van der Waals surface area contributed by atoms with Gasteiger partial charge in [-0.1, -0.05) is 0 Å². The maximum atomic E-state index is 11.2. The van der Waals surface area contributed by atoms with Crippen LogP contribution in [0.3, 0.4) is 0 Å². The van der Waals surface area contributed by atoms with Crippen molar-refractivity contribution in [1.82, 2.24) is 4.90 Å². The van der Waals surface area contributed by atoms with Gasteiger partial charge in [-0.2, -0.15) is 0 Å². The minimum atomic E-state index is 0.312. The molecular formula is C13H17NO3. The molecule has 92 valence electrons. The van der Waals surface area contributed by atoms with Gasteiger partial charge in [-0.15, -0.1) is 0 Å². The first-order valence-corrected chi connectivity index (χ1v) is 5.68. The zero-order valence-electron chi connectivity index (χ0n) is 10.2. The van der Waals surface area contributed by atoms with Gasteiger partial charge >= 0.3 is 0 Å². The van der Waals surface area contributed by atoms with E-state index in [-0.39, 0.29) is 0 Å². The fourth-order valence-corrected chi connectivity index (χ4v) is 2.07. The molecule has 1 fully saturated rings. The van der Waals surface area contributed by atoms with Gasteiger partial charge < -0.3 is 9.47 Å². The molecule has 2 rings (SSSR count). The molecular weight excluding hydrogens is 218 g/mol. The molecule has 0 spiro atoms. The number of ketones is 1. The van der Waals surface area contributed by atoms with Crippen LogP contribution in [0.5, 0.6) is 11.5 Å². The van der Waals surface area contributed by atoms with Gasteiger partial charge in [0, 0.05) is 25.1 Å². The minimum Gasteiger partial charge on any atom is -0.497 e. The molecule has 0 radical (unpaired) electrons. The van der Waals surface area contributed by atoms with Crippen molar-refractivity contribution in [1.29, 1.82) is 0 Å². The van der Waals surface area contributed by atoms with Gasteiger partial charge in [-0.3, -0.25) is 9.69 Å². The number of carbonyl (C=O) groups is 1. The summed E-state index contributed by atoms with van der Waals surface area (Å²) >= 11 is 0. The van der Waals surface area contributed by atoms with E-state index in [9.17, 15) is 4.79 Å². The quantitative estimate of drug-likeness (QED) is 0.792. The van der Waals surface area contributed by atoms with Crippen molar-refractivity contribution in [3.8, 4) is 11.5 Å². The highest BCUT2D eigenvalue weighted by atomic mass is 16.5.